The Morgan fingerprint density at radius 2 is 1.87 bits per heavy atom. The summed E-state index contributed by atoms with van der Waals surface area (Å²) in [5.41, 5.74) is -5.26. The van der Waals surface area contributed by atoms with Crippen LogP contribution in [0.25, 0.3) is 10.9 Å². The molecule has 0 radical (unpaired) electrons. The number of hydrogen-bond donors (Lipinski definition) is 5. The van der Waals surface area contributed by atoms with Gasteiger partial charge in [0.05, 0.1) is 0 Å². The summed E-state index contributed by atoms with van der Waals surface area (Å²) in [5.74, 6) is -1.99. The van der Waals surface area contributed by atoms with Gasteiger partial charge in [-0.3, -0.25) is 28.5 Å². The number of H-pyrrole nitrogens is 1. The van der Waals surface area contributed by atoms with Gasteiger partial charge in [-0.25, -0.2) is 0 Å². The molecule has 4 rings (SSSR count). The van der Waals surface area contributed by atoms with Crippen LogP contribution in [0.15, 0.2) is 24.3 Å². The molecule has 2 saturated heterocycles. The molecule has 2 aliphatic rings. The van der Waals surface area contributed by atoms with Crippen LogP contribution in [0, 0.1) is 0 Å². The molecule has 17 heteroatoms. The van der Waals surface area contributed by atoms with Crippen LogP contribution >= 0.6 is 7.60 Å². The highest BCUT2D eigenvalue weighted by molar-refractivity contribution is 7.52. The Morgan fingerprint density at radius 3 is 2.52 bits per heavy atom. The monoisotopic (exact) mass is 668 g/mol. The predicted octanol–water partition coefficient (Wildman–Crippen LogP) is 1.48. The van der Waals surface area contributed by atoms with Gasteiger partial charge in [0, 0.05) is 69.1 Å². The van der Waals surface area contributed by atoms with Gasteiger partial charge in [-0.2, -0.15) is 8.78 Å². The minimum Gasteiger partial charge on any atom is -0.356 e. The molecule has 14 nitrogen and oxygen atoms in total. The highest BCUT2D eigenvalue weighted by atomic mass is 31.2. The van der Waals surface area contributed by atoms with Gasteiger partial charge in [-0.05, 0) is 43.9 Å². The SMILES string of the molecule is CCC(=O)NCCCN(C)C(=O)[C@@H]1CC[C@@H]2CCN(C(C)=O)C[C@H](NC(=O)c3cc4cc(C(F)(F)P(=O)(O)O)ccc4[nH]3)C(=O)N21. The van der Waals surface area contributed by atoms with Crippen LogP contribution in [0.1, 0.15) is 62.0 Å². The number of alkyl halides is 2. The molecule has 5 amide bonds. The van der Waals surface area contributed by atoms with E-state index >= 15 is 0 Å². The molecular formula is C29H39F2N6O8P. The molecule has 2 fully saturated rings. The van der Waals surface area contributed by atoms with Gasteiger partial charge >= 0.3 is 13.3 Å². The minimum atomic E-state index is -5.81. The van der Waals surface area contributed by atoms with Crippen LogP contribution in [0.5, 0.6) is 0 Å². The van der Waals surface area contributed by atoms with Crippen molar-refractivity contribution in [2.24, 2.45) is 0 Å². The third-order valence-corrected chi connectivity index (χ3v) is 9.48. The number of hydrogen-bond acceptors (Lipinski definition) is 6. The van der Waals surface area contributed by atoms with Crippen LogP contribution < -0.4 is 10.6 Å². The van der Waals surface area contributed by atoms with E-state index in [4.69, 9.17) is 9.79 Å². The molecule has 0 saturated carbocycles. The lowest BCUT2D eigenvalue weighted by Gasteiger charge is -2.39. The molecule has 0 aliphatic carbocycles. The molecule has 5 N–H and O–H groups in total. The lowest BCUT2D eigenvalue weighted by atomic mass is 10.1. The highest BCUT2D eigenvalue weighted by Gasteiger charge is 2.50. The van der Waals surface area contributed by atoms with Crippen molar-refractivity contribution >= 4 is 48.0 Å². The van der Waals surface area contributed by atoms with Crippen LogP contribution in [0.3, 0.4) is 0 Å². The number of halogens is 2. The summed E-state index contributed by atoms with van der Waals surface area (Å²) in [7, 11) is -4.19. The Hall–Kier alpha value is -3.88. The van der Waals surface area contributed by atoms with E-state index in [2.05, 4.69) is 15.6 Å². The third-order valence-electron chi connectivity index (χ3n) is 8.49. The van der Waals surface area contributed by atoms with Gasteiger partial charge in [-0.1, -0.05) is 13.0 Å². The smallest absolute Gasteiger partial charge is 0.356 e. The fourth-order valence-corrected chi connectivity index (χ4v) is 6.37. The summed E-state index contributed by atoms with van der Waals surface area (Å²) in [6.45, 7) is 3.99. The van der Waals surface area contributed by atoms with Gasteiger partial charge in [0.1, 0.15) is 17.8 Å². The molecule has 46 heavy (non-hydrogen) atoms. The van der Waals surface area contributed by atoms with Crippen LogP contribution in [-0.4, -0.2) is 110 Å². The Kier molecular flexibility index (Phi) is 10.5. The number of aromatic nitrogens is 1. The van der Waals surface area contributed by atoms with Crippen LogP contribution in [0.4, 0.5) is 8.78 Å². The lowest BCUT2D eigenvalue weighted by molar-refractivity contribution is -0.148. The molecule has 1 aromatic heterocycles. The van der Waals surface area contributed by atoms with E-state index < -0.39 is 42.7 Å². The van der Waals surface area contributed by atoms with E-state index in [0.717, 1.165) is 18.2 Å². The number of fused-ring (bicyclic) bond motifs is 2. The topological polar surface area (TPSA) is 192 Å². The van der Waals surface area contributed by atoms with Crippen molar-refractivity contribution in [3.63, 3.8) is 0 Å². The molecule has 2 aliphatic heterocycles. The van der Waals surface area contributed by atoms with E-state index in [-0.39, 0.29) is 46.9 Å². The standard InChI is InChI=1S/C29H39F2N6O8P/c1-4-25(39)32-11-5-12-35(3)28(42)24-9-7-20-10-13-36(17(2)38)16-23(27(41)37(20)24)34-26(40)22-15-18-14-19(6-8-21(18)33-22)29(30,31)46(43,44)45/h6,8,14-15,20,23-24,33H,4-5,7,9-13,16H2,1-3H3,(H,32,39)(H,34,40)(H2,43,44,45)/t20-,23+,24+/m1/s1. The van der Waals surface area contributed by atoms with Gasteiger partial charge in [0.25, 0.3) is 5.91 Å². The summed E-state index contributed by atoms with van der Waals surface area (Å²) in [4.78, 5) is 90.2. The van der Waals surface area contributed by atoms with Crippen molar-refractivity contribution in [2.45, 2.75) is 69.7 Å². The molecule has 0 unspecified atom stereocenters. The summed E-state index contributed by atoms with van der Waals surface area (Å²) in [5, 5.41) is 5.47. The van der Waals surface area contributed by atoms with E-state index in [1.54, 1.807) is 14.0 Å². The minimum absolute atomic E-state index is 0.0766. The fourth-order valence-electron chi connectivity index (χ4n) is 5.89. The molecule has 252 valence electrons. The second kappa shape index (κ2) is 13.9. The zero-order valence-electron chi connectivity index (χ0n) is 25.8. The van der Waals surface area contributed by atoms with Gasteiger partial charge in [0.15, 0.2) is 0 Å². The number of amides is 5. The van der Waals surface area contributed by atoms with Crippen molar-refractivity contribution < 1.29 is 47.1 Å². The molecule has 1 aromatic carbocycles. The number of aromatic amines is 1. The molecule has 2 aromatic rings. The van der Waals surface area contributed by atoms with Crippen molar-refractivity contribution in [1.29, 1.82) is 0 Å². The zero-order valence-corrected chi connectivity index (χ0v) is 26.7. The molecule has 0 bridgehead atoms. The number of nitrogens with one attached hydrogen (secondary N) is 3. The van der Waals surface area contributed by atoms with E-state index in [0.29, 0.717) is 51.7 Å². The molecule has 3 heterocycles. The Bertz CT molecular complexity index is 1560. The van der Waals surface area contributed by atoms with E-state index in [9.17, 15) is 37.3 Å². The van der Waals surface area contributed by atoms with Crippen LogP contribution in [0.2, 0.25) is 0 Å². The first-order chi connectivity index (χ1) is 21.5. The molecular weight excluding hydrogens is 629 g/mol. The maximum Gasteiger partial charge on any atom is 0.399 e. The Balaban J connectivity index is 1.54. The number of benzene rings is 1. The summed E-state index contributed by atoms with van der Waals surface area (Å²) >= 11 is 0. The first kappa shape index (κ1) is 35.0. The number of rotatable bonds is 10. The largest absolute Gasteiger partial charge is 0.399 e. The van der Waals surface area contributed by atoms with E-state index in [1.165, 1.54) is 27.7 Å². The number of nitrogens with zero attached hydrogens (tertiary/aromatic N) is 3. The lowest BCUT2D eigenvalue weighted by Crippen LogP contribution is -2.61. The first-order valence-corrected chi connectivity index (χ1v) is 16.6. The summed E-state index contributed by atoms with van der Waals surface area (Å²) in [6.07, 6.45) is 2.25. The average molecular weight is 669 g/mol. The predicted molar refractivity (Wildman–Crippen MR) is 162 cm³/mol. The Labute approximate surface area is 264 Å². The van der Waals surface area contributed by atoms with Crippen LogP contribution in [-0.2, 0) is 29.4 Å². The second-order valence-corrected chi connectivity index (χ2v) is 13.3. The van der Waals surface area contributed by atoms with E-state index in [1.807, 2.05) is 0 Å². The second-order valence-electron chi connectivity index (χ2n) is 11.7. The summed E-state index contributed by atoms with van der Waals surface area (Å²) < 4.78 is 39.9. The maximum atomic E-state index is 14.3. The van der Waals surface area contributed by atoms with Crippen molar-refractivity contribution in [2.75, 3.05) is 33.2 Å². The van der Waals surface area contributed by atoms with Crippen molar-refractivity contribution in [3.05, 3.63) is 35.5 Å². The quantitative estimate of drug-likeness (QED) is 0.186. The molecule has 0 spiro atoms. The zero-order chi connectivity index (χ0) is 34.0. The van der Waals surface area contributed by atoms with Gasteiger partial charge in [0.2, 0.25) is 23.6 Å². The van der Waals surface area contributed by atoms with Crippen molar-refractivity contribution in [3.8, 4) is 0 Å². The normalized spacial score (nSPS) is 20.6. The first-order valence-electron chi connectivity index (χ1n) is 15.0. The summed E-state index contributed by atoms with van der Waals surface area (Å²) in [6, 6.07) is 1.71. The van der Waals surface area contributed by atoms with Gasteiger partial charge in [-0.15, -0.1) is 0 Å². The number of carbonyl (C=O) groups excluding carboxylic acids is 5. The van der Waals surface area contributed by atoms with Crippen molar-refractivity contribution in [1.82, 2.24) is 30.3 Å². The highest BCUT2D eigenvalue weighted by Crippen LogP contribution is 2.59. The molecule has 3 atom stereocenters. The van der Waals surface area contributed by atoms with Gasteiger partial charge < -0.3 is 40.1 Å². The Morgan fingerprint density at radius 1 is 1.15 bits per heavy atom. The third kappa shape index (κ3) is 7.39. The fraction of sp³-hybridized carbons (Fsp3) is 0.552. The maximum absolute atomic E-state index is 14.3. The number of likely N-dealkylation sites (N-methyl/N-ethyl adjacent to an activating group) is 1. The number of carbonyl (C=O) groups is 5. The average Bonchev–Trinajstić information content (AvgIpc) is 3.62.